The van der Waals surface area contributed by atoms with E-state index in [4.69, 9.17) is 39.5 Å². The highest BCUT2D eigenvalue weighted by Gasteiger charge is 2.35. The van der Waals surface area contributed by atoms with E-state index in [1.807, 2.05) is 24.3 Å². The highest BCUT2D eigenvalue weighted by molar-refractivity contribution is 8.18. The molecule has 1 aliphatic heterocycles. The van der Waals surface area contributed by atoms with Crippen LogP contribution >= 0.6 is 46.6 Å². The van der Waals surface area contributed by atoms with Crippen molar-refractivity contribution < 1.29 is 14.3 Å². The van der Waals surface area contributed by atoms with E-state index in [1.165, 1.54) is 4.90 Å². The van der Waals surface area contributed by atoms with Crippen LogP contribution in [0.1, 0.15) is 16.7 Å². The molecular weight excluding hydrogens is 489 g/mol. The van der Waals surface area contributed by atoms with Crippen molar-refractivity contribution in [3.8, 4) is 5.75 Å². The first-order valence-corrected chi connectivity index (χ1v) is 11.5. The second-order valence-corrected chi connectivity index (χ2v) is 9.21. The fourth-order valence-corrected chi connectivity index (χ4v) is 4.35. The number of hydrogen-bond donors (Lipinski definition) is 0. The molecule has 162 valence electrons. The maximum Gasteiger partial charge on any atom is 0.293 e. The summed E-state index contributed by atoms with van der Waals surface area (Å²) in [4.78, 5) is 26.9. The summed E-state index contributed by atoms with van der Waals surface area (Å²) < 4.78 is 5.95. The third-order valence-electron chi connectivity index (χ3n) is 4.71. The minimum absolute atomic E-state index is 0.189. The summed E-state index contributed by atoms with van der Waals surface area (Å²) in [5.74, 6) is 0.248. The third-order valence-corrected chi connectivity index (χ3v) is 6.61. The molecule has 4 nitrogen and oxygen atoms in total. The molecule has 0 bridgehead atoms. The maximum atomic E-state index is 12.9. The number of benzene rings is 3. The van der Waals surface area contributed by atoms with Gasteiger partial charge in [0.1, 0.15) is 12.4 Å². The summed E-state index contributed by atoms with van der Waals surface area (Å²) >= 11 is 18.8. The number of thioether (sulfide) groups is 1. The second-order valence-electron chi connectivity index (χ2n) is 6.97. The zero-order valence-corrected chi connectivity index (χ0v) is 19.6. The first kappa shape index (κ1) is 22.7. The first-order valence-electron chi connectivity index (χ1n) is 9.56. The highest BCUT2D eigenvalue weighted by atomic mass is 35.5. The molecule has 0 radical (unpaired) electrons. The van der Waals surface area contributed by atoms with Gasteiger partial charge >= 0.3 is 0 Å². The summed E-state index contributed by atoms with van der Waals surface area (Å²) in [7, 11) is 0. The molecule has 1 fully saturated rings. The lowest BCUT2D eigenvalue weighted by Gasteiger charge is -2.12. The van der Waals surface area contributed by atoms with Crippen LogP contribution in [0, 0.1) is 0 Å². The van der Waals surface area contributed by atoms with E-state index in [0.29, 0.717) is 31.3 Å². The quantitative estimate of drug-likeness (QED) is 0.327. The number of carbonyl (C=O) groups is 2. The molecule has 2 amide bonds. The van der Waals surface area contributed by atoms with Crippen LogP contribution in [0.2, 0.25) is 15.1 Å². The molecule has 4 rings (SSSR count). The third kappa shape index (κ3) is 5.30. The molecule has 0 spiro atoms. The molecule has 3 aromatic rings. The molecule has 0 atom stereocenters. The van der Waals surface area contributed by atoms with Gasteiger partial charge in [-0.15, -0.1) is 0 Å². The van der Waals surface area contributed by atoms with Gasteiger partial charge in [0.15, 0.2) is 0 Å². The summed E-state index contributed by atoms with van der Waals surface area (Å²) in [6, 6.07) is 19.7. The normalized spacial score (nSPS) is 15.0. The Hall–Kier alpha value is -2.44. The second kappa shape index (κ2) is 10.0. The van der Waals surface area contributed by atoms with Crippen molar-refractivity contribution in [3.05, 3.63) is 103 Å². The van der Waals surface area contributed by atoms with E-state index in [0.717, 1.165) is 22.9 Å². The largest absolute Gasteiger partial charge is 0.488 e. The lowest BCUT2D eigenvalue weighted by atomic mass is 10.1. The van der Waals surface area contributed by atoms with Crippen LogP contribution in [0.15, 0.2) is 71.6 Å². The Morgan fingerprint density at radius 3 is 2.34 bits per heavy atom. The predicted molar refractivity (Wildman–Crippen MR) is 130 cm³/mol. The monoisotopic (exact) mass is 503 g/mol. The summed E-state index contributed by atoms with van der Waals surface area (Å²) in [5, 5.41) is 1.21. The standard InChI is InChI=1S/C24H16Cl3NO3S/c25-18-8-5-15(6-9-18)13-28-23(29)22(32-24(28)30)12-17-3-1-2-4-21(17)31-14-16-7-10-19(26)20(27)11-16/h1-12H,13-14H2/b22-12-. The van der Waals surface area contributed by atoms with Gasteiger partial charge < -0.3 is 4.74 Å². The molecule has 3 aromatic carbocycles. The van der Waals surface area contributed by atoms with Crippen molar-refractivity contribution in [2.45, 2.75) is 13.2 Å². The zero-order valence-electron chi connectivity index (χ0n) is 16.6. The Morgan fingerprint density at radius 2 is 1.59 bits per heavy atom. The number of ether oxygens (including phenoxy) is 1. The van der Waals surface area contributed by atoms with Crippen molar-refractivity contribution in [1.82, 2.24) is 4.90 Å². The van der Waals surface area contributed by atoms with Gasteiger partial charge in [-0.05, 0) is 59.3 Å². The van der Waals surface area contributed by atoms with Crippen molar-refractivity contribution in [1.29, 1.82) is 0 Å². The van der Waals surface area contributed by atoms with Crippen LogP contribution in [0.5, 0.6) is 5.75 Å². The molecule has 1 saturated heterocycles. The van der Waals surface area contributed by atoms with Gasteiger partial charge in [0.2, 0.25) is 0 Å². The van der Waals surface area contributed by atoms with Gasteiger partial charge in [0.25, 0.3) is 11.1 Å². The Kier molecular flexibility index (Phi) is 7.11. The lowest BCUT2D eigenvalue weighted by Crippen LogP contribution is -2.27. The molecule has 0 N–H and O–H groups in total. The van der Waals surface area contributed by atoms with Gasteiger partial charge in [-0.3, -0.25) is 14.5 Å². The molecule has 0 unspecified atom stereocenters. The lowest BCUT2D eigenvalue weighted by molar-refractivity contribution is -0.123. The Balaban J connectivity index is 1.51. The number of hydrogen-bond acceptors (Lipinski definition) is 4. The van der Waals surface area contributed by atoms with E-state index in [2.05, 4.69) is 0 Å². The van der Waals surface area contributed by atoms with Crippen LogP contribution in [0.3, 0.4) is 0 Å². The molecule has 1 heterocycles. The molecular formula is C24H16Cl3NO3S. The number of amides is 2. The van der Waals surface area contributed by atoms with Crippen molar-refractivity contribution in [2.75, 3.05) is 0 Å². The Bertz CT molecular complexity index is 1210. The van der Waals surface area contributed by atoms with Crippen LogP contribution in [-0.4, -0.2) is 16.0 Å². The fraction of sp³-hybridized carbons (Fsp3) is 0.0833. The number of imide groups is 1. The SMILES string of the molecule is O=C1S/C(=C\c2ccccc2OCc2ccc(Cl)c(Cl)c2)C(=O)N1Cc1ccc(Cl)cc1. The Morgan fingerprint density at radius 1 is 0.875 bits per heavy atom. The number of para-hydroxylation sites is 1. The molecule has 0 saturated carbocycles. The molecule has 8 heteroatoms. The fourth-order valence-electron chi connectivity index (χ4n) is 3.07. The van der Waals surface area contributed by atoms with E-state index in [1.54, 1.807) is 48.5 Å². The highest BCUT2D eigenvalue weighted by Crippen LogP contribution is 2.35. The van der Waals surface area contributed by atoms with Gasteiger partial charge in [-0.25, -0.2) is 0 Å². The zero-order chi connectivity index (χ0) is 22.7. The van der Waals surface area contributed by atoms with Gasteiger partial charge in [-0.1, -0.05) is 71.2 Å². The van der Waals surface area contributed by atoms with Gasteiger partial charge in [0.05, 0.1) is 21.5 Å². The minimum Gasteiger partial charge on any atom is -0.488 e. The average Bonchev–Trinajstić information content (AvgIpc) is 3.04. The van der Waals surface area contributed by atoms with Gasteiger partial charge in [0, 0.05) is 10.6 Å². The van der Waals surface area contributed by atoms with Gasteiger partial charge in [-0.2, -0.15) is 0 Å². The van der Waals surface area contributed by atoms with E-state index >= 15 is 0 Å². The average molecular weight is 505 g/mol. The van der Waals surface area contributed by atoms with E-state index in [-0.39, 0.29) is 24.3 Å². The van der Waals surface area contributed by atoms with E-state index < -0.39 is 0 Å². The number of carbonyl (C=O) groups excluding carboxylic acids is 2. The topological polar surface area (TPSA) is 46.6 Å². The van der Waals surface area contributed by atoms with Crippen LogP contribution in [0.25, 0.3) is 6.08 Å². The number of halogens is 3. The molecule has 0 aliphatic carbocycles. The smallest absolute Gasteiger partial charge is 0.293 e. The van der Waals surface area contributed by atoms with Crippen LogP contribution < -0.4 is 4.74 Å². The van der Waals surface area contributed by atoms with E-state index in [9.17, 15) is 9.59 Å². The summed E-state index contributed by atoms with van der Waals surface area (Å²) in [5.41, 5.74) is 2.38. The molecule has 32 heavy (non-hydrogen) atoms. The summed E-state index contributed by atoms with van der Waals surface area (Å²) in [6.45, 7) is 0.467. The number of nitrogens with zero attached hydrogens (tertiary/aromatic N) is 1. The molecule has 1 aliphatic rings. The predicted octanol–water partition coefficient (Wildman–Crippen LogP) is 7.46. The molecule has 0 aromatic heterocycles. The Labute approximate surface area is 204 Å². The van der Waals surface area contributed by atoms with Crippen molar-refractivity contribution in [2.24, 2.45) is 0 Å². The van der Waals surface area contributed by atoms with Crippen LogP contribution in [0.4, 0.5) is 4.79 Å². The first-order chi connectivity index (χ1) is 15.4. The van der Waals surface area contributed by atoms with Crippen molar-refractivity contribution in [3.63, 3.8) is 0 Å². The minimum atomic E-state index is -0.339. The van der Waals surface area contributed by atoms with Crippen molar-refractivity contribution >= 4 is 63.8 Å². The maximum absolute atomic E-state index is 12.9. The number of rotatable bonds is 6. The van der Waals surface area contributed by atoms with Crippen LogP contribution in [-0.2, 0) is 17.9 Å². The summed E-state index contributed by atoms with van der Waals surface area (Å²) in [6.07, 6.45) is 1.68.